The molecule has 0 fully saturated rings. The number of carbonyl (C=O) groups is 1. The lowest BCUT2D eigenvalue weighted by Crippen LogP contribution is -2.52. The number of hydrogen-bond donors (Lipinski definition) is 2. The first-order chi connectivity index (χ1) is 11.1. The van der Waals surface area contributed by atoms with Gasteiger partial charge in [-0.15, -0.1) is 0 Å². The molecule has 6 heteroatoms. The van der Waals surface area contributed by atoms with E-state index in [-0.39, 0.29) is 42.0 Å². The van der Waals surface area contributed by atoms with Crippen LogP contribution in [0.3, 0.4) is 0 Å². The van der Waals surface area contributed by atoms with Crippen molar-refractivity contribution in [1.29, 1.82) is 0 Å². The monoisotopic (exact) mass is 312 g/mol. The van der Waals surface area contributed by atoms with E-state index in [0.29, 0.717) is 17.9 Å². The van der Waals surface area contributed by atoms with Gasteiger partial charge in [-0.3, -0.25) is 4.79 Å². The van der Waals surface area contributed by atoms with Crippen molar-refractivity contribution in [2.24, 2.45) is 0 Å². The molecule has 0 saturated carbocycles. The van der Waals surface area contributed by atoms with Crippen LogP contribution in [0.2, 0.25) is 0 Å². The highest BCUT2D eigenvalue weighted by Crippen LogP contribution is 2.53. The molecule has 0 saturated heterocycles. The van der Waals surface area contributed by atoms with E-state index in [1.165, 1.54) is 6.07 Å². The van der Waals surface area contributed by atoms with E-state index >= 15 is 0 Å². The molecule has 2 aromatic rings. The molecular weight excluding hydrogens is 300 g/mol. The van der Waals surface area contributed by atoms with Crippen LogP contribution < -0.4 is 14.2 Å². The van der Waals surface area contributed by atoms with Crippen LogP contribution >= 0.6 is 0 Å². The fraction of sp³-hybridized carbons (Fsp3) is 0.235. The zero-order valence-corrected chi connectivity index (χ0v) is 12.0. The summed E-state index contributed by atoms with van der Waals surface area (Å²) in [6.45, 7) is 0.354. The van der Waals surface area contributed by atoms with Gasteiger partial charge < -0.3 is 24.4 Å². The minimum atomic E-state index is -0.808. The third-order valence-electron chi connectivity index (χ3n) is 4.81. The Kier molecular flexibility index (Phi) is 2.14. The van der Waals surface area contributed by atoms with Crippen LogP contribution in [-0.4, -0.2) is 29.4 Å². The van der Waals surface area contributed by atoms with E-state index in [1.54, 1.807) is 0 Å². The molecule has 116 valence electrons. The number of phenolic OH excluding ortho intramolecular Hbond substituents is 2. The van der Waals surface area contributed by atoms with Gasteiger partial charge in [0.15, 0.2) is 17.3 Å². The number of carbonyl (C=O) groups excluding carboxylic acids is 1. The molecule has 2 aliphatic heterocycles. The fourth-order valence-corrected chi connectivity index (χ4v) is 3.66. The zero-order valence-electron chi connectivity index (χ0n) is 12.0. The van der Waals surface area contributed by atoms with Gasteiger partial charge in [0, 0.05) is 12.1 Å². The number of ketones is 1. The lowest BCUT2D eigenvalue weighted by atomic mass is 9.60. The van der Waals surface area contributed by atoms with Crippen molar-refractivity contribution in [3.63, 3.8) is 0 Å². The highest BCUT2D eigenvalue weighted by Gasteiger charge is 2.54. The number of rotatable bonds is 0. The second-order valence-electron chi connectivity index (χ2n) is 6.08. The Morgan fingerprint density at radius 1 is 0.957 bits per heavy atom. The van der Waals surface area contributed by atoms with Crippen LogP contribution in [0.25, 0.3) is 0 Å². The number of ether oxygens (including phenoxy) is 3. The van der Waals surface area contributed by atoms with Gasteiger partial charge in [0.05, 0.1) is 5.41 Å². The summed E-state index contributed by atoms with van der Waals surface area (Å²) in [5, 5.41) is 19.6. The zero-order chi connectivity index (χ0) is 15.8. The number of aromatic hydroxyl groups is 2. The largest absolute Gasteiger partial charge is 0.508 e. The first-order valence-corrected chi connectivity index (χ1v) is 7.25. The molecule has 2 N–H and O–H groups in total. The second-order valence-corrected chi connectivity index (χ2v) is 6.08. The van der Waals surface area contributed by atoms with E-state index in [9.17, 15) is 15.0 Å². The van der Waals surface area contributed by atoms with Crippen molar-refractivity contribution in [2.45, 2.75) is 11.8 Å². The van der Waals surface area contributed by atoms with E-state index in [4.69, 9.17) is 14.2 Å². The molecule has 0 radical (unpaired) electrons. The minimum Gasteiger partial charge on any atom is -0.508 e. The summed E-state index contributed by atoms with van der Waals surface area (Å²) in [6.07, 6.45) is 0.525. The Morgan fingerprint density at radius 3 is 2.57 bits per heavy atom. The van der Waals surface area contributed by atoms with Crippen molar-refractivity contribution in [2.75, 3.05) is 13.4 Å². The molecule has 5 rings (SSSR count). The average Bonchev–Trinajstić information content (AvgIpc) is 2.94. The van der Waals surface area contributed by atoms with E-state index in [1.807, 2.05) is 12.1 Å². The average molecular weight is 312 g/mol. The first-order valence-electron chi connectivity index (χ1n) is 7.25. The van der Waals surface area contributed by atoms with Crippen molar-refractivity contribution in [3.05, 3.63) is 41.0 Å². The molecule has 1 aliphatic carbocycles. The summed E-state index contributed by atoms with van der Waals surface area (Å²) >= 11 is 0. The van der Waals surface area contributed by atoms with Crippen LogP contribution in [0.5, 0.6) is 28.7 Å². The predicted molar refractivity (Wildman–Crippen MR) is 77.5 cm³/mol. The topological polar surface area (TPSA) is 85.2 Å². The van der Waals surface area contributed by atoms with Gasteiger partial charge in [-0.05, 0) is 29.7 Å². The third-order valence-corrected chi connectivity index (χ3v) is 4.81. The highest BCUT2D eigenvalue weighted by molar-refractivity contribution is 6.11. The highest BCUT2D eigenvalue weighted by atomic mass is 16.7. The minimum absolute atomic E-state index is 0.123. The smallest absolute Gasteiger partial charge is 0.231 e. The normalized spacial score (nSPS) is 23.0. The number of fused-ring (bicyclic) bond motifs is 4. The van der Waals surface area contributed by atoms with Crippen LogP contribution in [0.4, 0.5) is 0 Å². The maximum atomic E-state index is 13.0. The molecule has 6 nitrogen and oxygen atoms in total. The lowest BCUT2D eigenvalue weighted by molar-refractivity contribution is 0.0723. The Morgan fingerprint density at radius 2 is 1.74 bits per heavy atom. The molecule has 0 aromatic heterocycles. The maximum absolute atomic E-state index is 13.0. The predicted octanol–water partition coefficient (Wildman–Crippen LogP) is 1.90. The molecule has 23 heavy (non-hydrogen) atoms. The van der Waals surface area contributed by atoms with Crippen molar-refractivity contribution < 1.29 is 29.2 Å². The van der Waals surface area contributed by atoms with E-state index < -0.39 is 5.41 Å². The molecule has 0 bridgehead atoms. The van der Waals surface area contributed by atoms with Crippen molar-refractivity contribution >= 4 is 5.78 Å². The standard InChI is InChI=1S/C17H12O6/c18-9-2-11(19)15-14(3-9)21-6-17(16(15)20)5-8-1-12-13(4-10(8)17)23-7-22-12/h1-4,18-19H,5-7H2/t17-/m1/s1. The van der Waals surface area contributed by atoms with Crippen LogP contribution in [-0.2, 0) is 11.8 Å². The molecule has 2 aromatic carbocycles. The summed E-state index contributed by atoms with van der Waals surface area (Å²) in [7, 11) is 0. The molecule has 1 atom stereocenters. The first kappa shape index (κ1) is 12.6. The Hall–Kier alpha value is -2.89. The van der Waals surface area contributed by atoms with E-state index in [2.05, 4.69) is 0 Å². The summed E-state index contributed by atoms with van der Waals surface area (Å²) in [5.74, 6) is 0.933. The lowest BCUT2D eigenvalue weighted by Gasteiger charge is -2.45. The quantitative estimate of drug-likeness (QED) is 0.773. The van der Waals surface area contributed by atoms with Crippen LogP contribution in [0.1, 0.15) is 21.5 Å². The molecule has 0 unspecified atom stereocenters. The summed E-state index contributed by atoms with van der Waals surface area (Å²) in [5.41, 5.74) is 1.19. The molecule has 3 aliphatic rings. The fourth-order valence-electron chi connectivity index (χ4n) is 3.66. The van der Waals surface area contributed by atoms with Crippen LogP contribution in [0.15, 0.2) is 24.3 Å². The van der Waals surface area contributed by atoms with Gasteiger partial charge in [0.1, 0.15) is 29.4 Å². The van der Waals surface area contributed by atoms with Gasteiger partial charge >= 0.3 is 0 Å². The Balaban J connectivity index is 1.65. The third kappa shape index (κ3) is 1.45. The van der Waals surface area contributed by atoms with Crippen LogP contribution in [0, 0.1) is 0 Å². The summed E-state index contributed by atoms with van der Waals surface area (Å²) < 4.78 is 16.4. The molecule has 1 spiro atoms. The molecule has 0 amide bonds. The molecule has 2 heterocycles. The summed E-state index contributed by atoms with van der Waals surface area (Å²) in [4.78, 5) is 13.0. The van der Waals surface area contributed by atoms with Gasteiger partial charge in [-0.25, -0.2) is 0 Å². The van der Waals surface area contributed by atoms with Gasteiger partial charge in [0.25, 0.3) is 0 Å². The molecular formula is C17H12O6. The number of benzene rings is 2. The Bertz CT molecular complexity index is 887. The van der Waals surface area contributed by atoms with Gasteiger partial charge in [-0.2, -0.15) is 0 Å². The van der Waals surface area contributed by atoms with Crippen molar-refractivity contribution in [1.82, 2.24) is 0 Å². The number of phenols is 2. The summed E-state index contributed by atoms with van der Waals surface area (Å²) in [6, 6.07) is 6.21. The van der Waals surface area contributed by atoms with Crippen molar-refractivity contribution in [3.8, 4) is 28.7 Å². The second kappa shape index (κ2) is 3.90. The Labute approximate surface area is 130 Å². The SMILES string of the molecule is O=C1c2c(O)cc(O)cc2OC[C@@]12Cc1cc3c(cc12)OCO3. The maximum Gasteiger partial charge on any atom is 0.231 e. The number of hydrogen-bond acceptors (Lipinski definition) is 6. The van der Waals surface area contributed by atoms with Gasteiger partial charge in [-0.1, -0.05) is 0 Å². The van der Waals surface area contributed by atoms with E-state index in [0.717, 1.165) is 17.2 Å². The van der Waals surface area contributed by atoms with Gasteiger partial charge in [0.2, 0.25) is 6.79 Å². The number of Topliss-reactive ketones (excluding diaryl/α,β-unsaturated/α-hetero) is 1.